The molecule has 4 nitrogen and oxygen atoms in total. The van der Waals surface area contributed by atoms with Crippen LogP contribution in [0.4, 0.5) is 5.00 Å². The summed E-state index contributed by atoms with van der Waals surface area (Å²) in [7, 11) is 0. The van der Waals surface area contributed by atoms with E-state index in [1.165, 1.54) is 36.1 Å². The topological polar surface area (TPSA) is 46.4 Å². The summed E-state index contributed by atoms with van der Waals surface area (Å²) in [4.78, 5) is 19.7. The number of thiophene rings is 1. The second kappa shape index (κ2) is 10.5. The molecule has 2 heterocycles. The van der Waals surface area contributed by atoms with Gasteiger partial charge >= 0.3 is 0 Å². The molecular weight excluding hydrogens is 497 g/mol. The van der Waals surface area contributed by atoms with Gasteiger partial charge in [0.15, 0.2) is 0 Å². The van der Waals surface area contributed by atoms with E-state index < -0.39 is 0 Å². The van der Waals surface area contributed by atoms with Crippen molar-refractivity contribution in [3.05, 3.63) is 67.3 Å². The SMILES string of the molecule is Cc1cc(C=Nc2sc3c(c2C(=O)NC2CCCCC2)CCCC3)c(C)n1-c1ccc(Cl)c(Cl)c1. The van der Waals surface area contributed by atoms with Gasteiger partial charge in [0, 0.05) is 39.8 Å². The van der Waals surface area contributed by atoms with Gasteiger partial charge in [-0.05, 0) is 82.2 Å². The fourth-order valence-corrected chi connectivity index (χ4v) is 6.97. The van der Waals surface area contributed by atoms with Gasteiger partial charge in [0.05, 0.1) is 15.6 Å². The second-order valence-corrected chi connectivity index (χ2v) is 11.6. The zero-order valence-electron chi connectivity index (χ0n) is 20.3. The number of aryl methyl sites for hydroxylation is 2. The average Bonchev–Trinajstić information content (AvgIpc) is 3.36. The molecule has 5 rings (SSSR count). The number of aliphatic imine (C=N–C) groups is 1. The normalized spacial score (nSPS) is 16.6. The zero-order chi connectivity index (χ0) is 24.5. The fraction of sp³-hybridized carbons (Fsp3) is 0.429. The van der Waals surface area contributed by atoms with Gasteiger partial charge in [0.25, 0.3) is 5.91 Å². The minimum Gasteiger partial charge on any atom is -0.349 e. The summed E-state index contributed by atoms with van der Waals surface area (Å²) >= 11 is 14.1. The number of hydrogen-bond donors (Lipinski definition) is 1. The molecule has 7 heteroatoms. The van der Waals surface area contributed by atoms with E-state index in [0.717, 1.165) is 65.3 Å². The molecule has 0 saturated heterocycles. The summed E-state index contributed by atoms with van der Waals surface area (Å²) in [6, 6.07) is 8.08. The minimum absolute atomic E-state index is 0.0599. The number of hydrogen-bond acceptors (Lipinski definition) is 3. The standard InChI is InChI=1S/C28H31Cl2N3OS/c1-17-14-19(18(2)33(17)21-12-13-23(29)24(30)15-21)16-31-28-26(22-10-6-7-11-25(22)35-28)27(34)32-20-8-4-3-5-9-20/h12-16,20H,3-11H2,1-2H3,(H,32,34). The molecule has 1 amide bonds. The van der Waals surface area contributed by atoms with Crippen molar-refractivity contribution in [3.63, 3.8) is 0 Å². The third-order valence-electron chi connectivity index (χ3n) is 7.27. The Balaban J connectivity index is 1.46. The highest BCUT2D eigenvalue weighted by molar-refractivity contribution is 7.16. The molecule has 0 unspecified atom stereocenters. The largest absolute Gasteiger partial charge is 0.349 e. The number of nitrogens with one attached hydrogen (secondary N) is 1. The molecular formula is C28H31Cl2N3OS. The first-order valence-corrected chi connectivity index (χ1v) is 14.1. The molecule has 0 atom stereocenters. The summed E-state index contributed by atoms with van der Waals surface area (Å²) in [5, 5.41) is 5.24. The lowest BCUT2D eigenvalue weighted by molar-refractivity contribution is 0.0927. The number of carbonyl (C=O) groups is 1. The maximum atomic E-state index is 13.4. The van der Waals surface area contributed by atoms with Crippen LogP contribution < -0.4 is 5.32 Å². The van der Waals surface area contributed by atoms with Crippen molar-refractivity contribution in [3.8, 4) is 5.69 Å². The number of nitrogens with zero attached hydrogens (tertiary/aromatic N) is 2. The third kappa shape index (κ3) is 5.09. The van der Waals surface area contributed by atoms with Crippen LogP contribution in [0.2, 0.25) is 10.0 Å². The van der Waals surface area contributed by atoms with Gasteiger partial charge in [0.2, 0.25) is 0 Å². The van der Waals surface area contributed by atoms with E-state index in [0.29, 0.717) is 10.0 Å². The maximum Gasteiger partial charge on any atom is 0.254 e. The molecule has 0 radical (unpaired) electrons. The molecule has 1 fully saturated rings. The van der Waals surface area contributed by atoms with Crippen molar-refractivity contribution in [1.29, 1.82) is 0 Å². The maximum absolute atomic E-state index is 13.4. The van der Waals surface area contributed by atoms with Gasteiger partial charge in [-0.25, -0.2) is 4.99 Å². The summed E-state index contributed by atoms with van der Waals surface area (Å²) in [5.41, 5.74) is 6.18. The number of benzene rings is 1. The number of carbonyl (C=O) groups excluding carboxylic acids is 1. The van der Waals surface area contributed by atoms with Crippen molar-refractivity contribution in [2.24, 2.45) is 4.99 Å². The molecule has 3 aromatic rings. The molecule has 2 aromatic heterocycles. The van der Waals surface area contributed by atoms with Gasteiger partial charge in [-0.2, -0.15) is 0 Å². The first kappa shape index (κ1) is 24.6. The molecule has 0 spiro atoms. The third-order valence-corrected chi connectivity index (χ3v) is 9.21. The molecule has 1 N–H and O–H groups in total. The number of amides is 1. The number of aromatic nitrogens is 1. The Kier molecular flexibility index (Phi) is 7.38. The number of rotatable bonds is 5. The summed E-state index contributed by atoms with van der Waals surface area (Å²) in [6.07, 6.45) is 12.1. The minimum atomic E-state index is 0.0599. The Bertz CT molecular complexity index is 1280. The molecule has 184 valence electrons. The van der Waals surface area contributed by atoms with Crippen LogP contribution in [-0.4, -0.2) is 22.7 Å². The van der Waals surface area contributed by atoms with Crippen molar-refractivity contribution >= 4 is 51.7 Å². The smallest absolute Gasteiger partial charge is 0.254 e. The van der Waals surface area contributed by atoms with E-state index in [-0.39, 0.29) is 11.9 Å². The van der Waals surface area contributed by atoms with Gasteiger partial charge < -0.3 is 9.88 Å². The van der Waals surface area contributed by atoms with Gasteiger partial charge in [-0.3, -0.25) is 4.79 Å². The van der Waals surface area contributed by atoms with Gasteiger partial charge in [0.1, 0.15) is 5.00 Å². The van der Waals surface area contributed by atoms with Crippen LogP contribution in [0.15, 0.2) is 29.3 Å². The Morgan fingerprint density at radius 2 is 1.83 bits per heavy atom. The second-order valence-electron chi connectivity index (χ2n) is 9.72. The Hall–Kier alpha value is -2.08. The van der Waals surface area contributed by atoms with Crippen LogP contribution in [0.25, 0.3) is 5.69 Å². The summed E-state index contributed by atoms with van der Waals surface area (Å²) in [5.74, 6) is 0.0599. The molecule has 2 aliphatic carbocycles. The Labute approximate surface area is 221 Å². The van der Waals surface area contributed by atoms with Crippen LogP contribution >= 0.6 is 34.5 Å². The van der Waals surface area contributed by atoms with Crippen molar-refractivity contribution in [1.82, 2.24) is 9.88 Å². The molecule has 2 aliphatic rings. The van der Waals surface area contributed by atoms with E-state index in [2.05, 4.69) is 29.8 Å². The van der Waals surface area contributed by atoms with E-state index in [9.17, 15) is 4.79 Å². The molecule has 1 aromatic carbocycles. The molecule has 0 aliphatic heterocycles. The van der Waals surface area contributed by atoms with Crippen molar-refractivity contribution in [2.75, 3.05) is 0 Å². The number of halogens is 2. The lowest BCUT2D eigenvalue weighted by Crippen LogP contribution is -2.36. The zero-order valence-corrected chi connectivity index (χ0v) is 22.6. The highest BCUT2D eigenvalue weighted by atomic mass is 35.5. The lowest BCUT2D eigenvalue weighted by atomic mass is 9.93. The van der Waals surface area contributed by atoms with Crippen LogP contribution in [0.5, 0.6) is 0 Å². The summed E-state index contributed by atoms with van der Waals surface area (Å²) in [6.45, 7) is 4.15. The van der Waals surface area contributed by atoms with E-state index >= 15 is 0 Å². The van der Waals surface area contributed by atoms with Crippen LogP contribution in [-0.2, 0) is 12.8 Å². The van der Waals surface area contributed by atoms with Crippen LogP contribution in [0.1, 0.15) is 82.7 Å². The monoisotopic (exact) mass is 527 g/mol. The van der Waals surface area contributed by atoms with Crippen LogP contribution in [0.3, 0.4) is 0 Å². The number of fused-ring (bicyclic) bond motifs is 1. The highest BCUT2D eigenvalue weighted by Gasteiger charge is 2.27. The van der Waals surface area contributed by atoms with Gasteiger partial charge in [-0.15, -0.1) is 11.3 Å². The van der Waals surface area contributed by atoms with Gasteiger partial charge in [-0.1, -0.05) is 42.5 Å². The summed E-state index contributed by atoms with van der Waals surface area (Å²) < 4.78 is 2.15. The highest BCUT2D eigenvalue weighted by Crippen LogP contribution is 2.40. The molecule has 0 bridgehead atoms. The average molecular weight is 529 g/mol. The lowest BCUT2D eigenvalue weighted by Gasteiger charge is -2.23. The Morgan fingerprint density at radius 1 is 1.06 bits per heavy atom. The first-order valence-electron chi connectivity index (χ1n) is 12.6. The molecule has 1 saturated carbocycles. The first-order chi connectivity index (χ1) is 16.9. The predicted molar refractivity (Wildman–Crippen MR) is 148 cm³/mol. The van der Waals surface area contributed by atoms with E-state index in [1.54, 1.807) is 11.3 Å². The molecule has 35 heavy (non-hydrogen) atoms. The quantitative estimate of drug-likeness (QED) is 0.334. The van der Waals surface area contributed by atoms with Crippen molar-refractivity contribution < 1.29 is 4.79 Å². The van der Waals surface area contributed by atoms with Crippen molar-refractivity contribution in [2.45, 2.75) is 77.7 Å². The Morgan fingerprint density at radius 3 is 2.60 bits per heavy atom. The van der Waals surface area contributed by atoms with Crippen LogP contribution in [0, 0.1) is 13.8 Å². The predicted octanol–water partition coefficient (Wildman–Crippen LogP) is 8.15. The van der Waals surface area contributed by atoms with E-state index in [1.807, 2.05) is 24.4 Å². The van der Waals surface area contributed by atoms with E-state index in [4.69, 9.17) is 28.2 Å². The fourth-order valence-electron chi connectivity index (χ4n) is 5.45.